The van der Waals surface area contributed by atoms with E-state index in [9.17, 15) is 4.79 Å². The Morgan fingerprint density at radius 3 is 2.49 bits per heavy atom. The van der Waals surface area contributed by atoms with Gasteiger partial charge < -0.3 is 25.2 Å². The van der Waals surface area contributed by atoms with Gasteiger partial charge in [0.05, 0.1) is 24.2 Å². The summed E-state index contributed by atoms with van der Waals surface area (Å²) < 4.78 is 7.55. The highest BCUT2D eigenvalue weighted by Crippen LogP contribution is 2.36. The smallest absolute Gasteiger partial charge is 0.276 e. The molecule has 0 atom stereocenters. The highest BCUT2D eigenvalue weighted by atomic mass is 16.5. The van der Waals surface area contributed by atoms with Crippen molar-refractivity contribution in [3.8, 4) is 17.1 Å². The molecule has 1 aliphatic rings. The number of carbonyl (C=O) groups is 1. The lowest BCUT2D eigenvalue weighted by molar-refractivity contribution is 0.102. The minimum Gasteiger partial charge on any atom is -0.494 e. The largest absolute Gasteiger partial charge is 0.494 e. The molecule has 4 aromatic rings. The Hall–Kier alpha value is -4.44. The van der Waals surface area contributed by atoms with Crippen LogP contribution in [0.25, 0.3) is 11.4 Å². The Morgan fingerprint density at radius 1 is 1.04 bits per heavy atom. The summed E-state index contributed by atoms with van der Waals surface area (Å²) >= 11 is 0. The fourth-order valence-corrected chi connectivity index (χ4v) is 6.06. The van der Waals surface area contributed by atoms with Crippen LogP contribution in [0.4, 0.5) is 23.0 Å². The van der Waals surface area contributed by atoms with Crippen molar-refractivity contribution in [3.63, 3.8) is 0 Å². The summed E-state index contributed by atoms with van der Waals surface area (Å²) in [6, 6.07) is 12.3. The molecule has 0 unspecified atom stereocenters. The molecule has 0 spiro atoms. The van der Waals surface area contributed by atoms with Gasteiger partial charge in [0, 0.05) is 49.8 Å². The SMILES string of the molecule is CCc1cccc(CC)c1NC(=O)c1nn(C)c2c1CCCc1cnc(Nc3ccc(N(C)CCCN(C)C)cc3OC)nc1-2. The maximum Gasteiger partial charge on any atom is 0.276 e. The van der Waals surface area contributed by atoms with Crippen LogP contribution in [0.15, 0.2) is 42.6 Å². The van der Waals surface area contributed by atoms with E-state index in [4.69, 9.17) is 14.8 Å². The third kappa shape index (κ3) is 6.96. The van der Waals surface area contributed by atoms with E-state index in [1.165, 1.54) is 0 Å². The van der Waals surface area contributed by atoms with Gasteiger partial charge in [-0.15, -0.1) is 0 Å². The van der Waals surface area contributed by atoms with Crippen LogP contribution in [0.1, 0.15) is 59.4 Å². The van der Waals surface area contributed by atoms with E-state index in [1.54, 1.807) is 11.8 Å². The summed E-state index contributed by atoms with van der Waals surface area (Å²) in [5.74, 6) is 0.989. The van der Waals surface area contributed by atoms with Crippen LogP contribution >= 0.6 is 0 Å². The Morgan fingerprint density at radius 2 is 1.80 bits per heavy atom. The van der Waals surface area contributed by atoms with Gasteiger partial charge in [0.15, 0.2) is 5.69 Å². The first-order valence-electron chi connectivity index (χ1n) is 15.9. The van der Waals surface area contributed by atoms with Gasteiger partial charge in [-0.2, -0.15) is 5.10 Å². The quantitative estimate of drug-likeness (QED) is 0.205. The lowest BCUT2D eigenvalue weighted by atomic mass is 10.0. The maximum absolute atomic E-state index is 13.8. The van der Waals surface area contributed by atoms with Crippen molar-refractivity contribution in [2.75, 3.05) is 56.9 Å². The summed E-state index contributed by atoms with van der Waals surface area (Å²) in [6.45, 7) is 6.19. The number of fused-ring (bicyclic) bond motifs is 3. The summed E-state index contributed by atoms with van der Waals surface area (Å²) in [5, 5.41) is 11.3. The topological polar surface area (TPSA) is 100 Å². The number of nitrogens with zero attached hydrogens (tertiary/aromatic N) is 6. The van der Waals surface area contributed by atoms with Crippen molar-refractivity contribution in [1.82, 2.24) is 24.6 Å². The average molecular weight is 611 g/mol. The second-order valence-corrected chi connectivity index (χ2v) is 11.9. The van der Waals surface area contributed by atoms with Gasteiger partial charge in [-0.1, -0.05) is 32.0 Å². The van der Waals surface area contributed by atoms with E-state index < -0.39 is 0 Å². The number of hydrogen-bond acceptors (Lipinski definition) is 8. The molecule has 0 aliphatic heterocycles. The second kappa shape index (κ2) is 14.1. The van der Waals surface area contributed by atoms with Crippen LogP contribution in [0.2, 0.25) is 0 Å². The van der Waals surface area contributed by atoms with Gasteiger partial charge >= 0.3 is 0 Å². The number of rotatable bonds is 12. The molecule has 2 heterocycles. The van der Waals surface area contributed by atoms with E-state index in [1.807, 2.05) is 25.4 Å². The number of aromatic nitrogens is 4. The standard InChI is InChI=1S/C35H46N8O2/c1-8-23-13-10-14-24(9-2)30(23)38-34(44)32-27-16-11-15-25-22-36-35(39-31(25)33(27)43(6)40-32)37-28-18-17-26(21-29(28)45-7)42(5)20-12-19-41(3)4/h10,13-14,17-18,21-22H,8-9,11-12,15-16,19-20H2,1-7H3,(H,38,44)(H,36,37,39). The van der Waals surface area contributed by atoms with Crippen molar-refractivity contribution in [2.45, 2.75) is 52.4 Å². The van der Waals surface area contributed by atoms with Crippen molar-refractivity contribution in [1.29, 1.82) is 0 Å². The van der Waals surface area contributed by atoms with Gasteiger partial charge in [0.1, 0.15) is 5.75 Å². The predicted molar refractivity (Wildman–Crippen MR) is 182 cm³/mol. The molecule has 1 amide bonds. The van der Waals surface area contributed by atoms with E-state index in [0.29, 0.717) is 17.4 Å². The zero-order valence-corrected chi connectivity index (χ0v) is 27.7. The number of hydrogen-bond donors (Lipinski definition) is 2. The molecule has 5 rings (SSSR count). The van der Waals surface area contributed by atoms with Crippen molar-refractivity contribution < 1.29 is 9.53 Å². The predicted octanol–water partition coefficient (Wildman–Crippen LogP) is 5.88. The molecule has 0 saturated carbocycles. The van der Waals surface area contributed by atoms with Gasteiger partial charge in [0.2, 0.25) is 5.95 Å². The van der Waals surface area contributed by atoms with E-state index in [0.717, 1.165) is 102 Å². The molecule has 10 nitrogen and oxygen atoms in total. The number of benzene rings is 2. The molecular weight excluding hydrogens is 564 g/mol. The van der Waals surface area contributed by atoms with Crippen LogP contribution in [0, 0.1) is 0 Å². The monoisotopic (exact) mass is 610 g/mol. The number of para-hydroxylation sites is 1. The molecule has 10 heteroatoms. The van der Waals surface area contributed by atoms with Crippen LogP contribution in [-0.2, 0) is 32.7 Å². The molecule has 0 fully saturated rings. The second-order valence-electron chi connectivity index (χ2n) is 11.9. The normalized spacial score (nSPS) is 12.4. The molecule has 2 aromatic heterocycles. The molecule has 2 N–H and O–H groups in total. The van der Waals surface area contributed by atoms with Crippen LogP contribution in [0.5, 0.6) is 5.75 Å². The van der Waals surface area contributed by atoms with Crippen molar-refractivity contribution >= 4 is 28.9 Å². The summed E-state index contributed by atoms with van der Waals surface area (Å²) in [7, 11) is 9.83. The molecule has 1 aliphatic carbocycles. The third-order valence-electron chi connectivity index (χ3n) is 8.53. The maximum atomic E-state index is 13.8. The molecule has 45 heavy (non-hydrogen) atoms. The number of methoxy groups -OCH3 is 1. The number of carbonyl (C=O) groups excluding carboxylic acids is 1. The third-order valence-corrected chi connectivity index (χ3v) is 8.53. The number of aryl methyl sites for hydroxylation is 4. The zero-order chi connectivity index (χ0) is 32.1. The van der Waals surface area contributed by atoms with E-state index in [2.05, 4.69) is 84.7 Å². The number of anilines is 4. The number of ether oxygens (including phenoxy) is 1. The Kier molecular flexibility index (Phi) is 10.0. The number of nitrogens with one attached hydrogen (secondary N) is 2. The fourth-order valence-electron chi connectivity index (χ4n) is 6.06. The Bertz CT molecular complexity index is 1640. The highest BCUT2D eigenvalue weighted by Gasteiger charge is 2.28. The number of amides is 1. The minimum atomic E-state index is -0.185. The minimum absolute atomic E-state index is 0.185. The Balaban J connectivity index is 1.42. The summed E-state index contributed by atoms with van der Waals surface area (Å²) in [5.41, 5.74) is 9.08. The van der Waals surface area contributed by atoms with Gasteiger partial charge in [-0.05, 0) is 88.0 Å². The first-order valence-corrected chi connectivity index (χ1v) is 15.9. The van der Waals surface area contributed by atoms with Crippen LogP contribution in [-0.4, -0.2) is 71.9 Å². The molecule has 2 aromatic carbocycles. The fraction of sp³-hybridized carbons (Fsp3) is 0.429. The molecular formula is C35H46N8O2. The van der Waals surface area contributed by atoms with Crippen molar-refractivity contribution in [2.24, 2.45) is 7.05 Å². The lowest BCUT2D eigenvalue weighted by Crippen LogP contribution is -2.23. The van der Waals surface area contributed by atoms with Crippen LogP contribution < -0.4 is 20.3 Å². The highest BCUT2D eigenvalue weighted by molar-refractivity contribution is 6.05. The average Bonchev–Trinajstić information content (AvgIpc) is 3.24. The van der Waals surface area contributed by atoms with E-state index in [-0.39, 0.29) is 5.91 Å². The lowest BCUT2D eigenvalue weighted by Gasteiger charge is -2.22. The molecule has 0 saturated heterocycles. The summed E-state index contributed by atoms with van der Waals surface area (Å²) in [4.78, 5) is 27.8. The molecule has 0 radical (unpaired) electrons. The summed E-state index contributed by atoms with van der Waals surface area (Å²) in [6.07, 6.45) is 7.07. The van der Waals surface area contributed by atoms with Gasteiger partial charge in [-0.25, -0.2) is 9.97 Å². The van der Waals surface area contributed by atoms with Crippen LogP contribution in [0.3, 0.4) is 0 Å². The molecule has 238 valence electrons. The first-order chi connectivity index (χ1) is 21.7. The zero-order valence-electron chi connectivity index (χ0n) is 27.7. The van der Waals surface area contributed by atoms with Gasteiger partial charge in [-0.3, -0.25) is 9.48 Å². The van der Waals surface area contributed by atoms with E-state index >= 15 is 0 Å². The molecule has 0 bridgehead atoms. The van der Waals surface area contributed by atoms with Crippen molar-refractivity contribution in [3.05, 3.63) is 70.5 Å². The first kappa shape index (κ1) is 32.0. The van der Waals surface area contributed by atoms with Gasteiger partial charge in [0.25, 0.3) is 5.91 Å². The Labute approximate surface area is 266 Å².